The molecule has 0 heterocycles. The molecule has 2 rings (SSSR count). The van der Waals surface area contributed by atoms with Gasteiger partial charge in [-0.3, -0.25) is 0 Å². The number of ether oxygens (including phenoxy) is 1. The smallest absolute Gasteiger partial charge is 0.124 e. The van der Waals surface area contributed by atoms with Crippen LogP contribution in [-0.4, -0.2) is 31.3 Å². The predicted molar refractivity (Wildman–Crippen MR) is 116 cm³/mol. The van der Waals surface area contributed by atoms with Gasteiger partial charge in [-0.15, -0.1) is 24.8 Å². The molecule has 2 aromatic carbocycles. The zero-order valence-corrected chi connectivity index (χ0v) is 18.1. The molecule has 0 amide bonds. The standard InChI is InChI=1S/C19H25BrN2O2.2ClH/c1-15-2-4-16(5-3-15)14-24-19-7-6-18(20)12-17(19)13-22-9-8-21-10-11-23;;/h2-7,12,21-23H,8-11,13-14H2,1H3;2*1H. The first-order valence-corrected chi connectivity index (χ1v) is 8.97. The molecule has 2 aromatic rings. The van der Waals surface area contributed by atoms with E-state index in [-0.39, 0.29) is 31.4 Å². The van der Waals surface area contributed by atoms with Crippen molar-refractivity contribution >= 4 is 40.7 Å². The maximum atomic E-state index is 8.73. The summed E-state index contributed by atoms with van der Waals surface area (Å²) in [7, 11) is 0. The number of aryl methyl sites for hydroxylation is 1. The Morgan fingerprint density at radius 1 is 0.962 bits per heavy atom. The maximum Gasteiger partial charge on any atom is 0.124 e. The van der Waals surface area contributed by atoms with Crippen LogP contribution in [0.15, 0.2) is 46.9 Å². The molecular formula is C19H27BrCl2N2O2. The zero-order chi connectivity index (χ0) is 17.2. The molecule has 0 fully saturated rings. The molecule has 7 heteroatoms. The molecule has 3 N–H and O–H groups in total. The fraction of sp³-hybridized carbons (Fsp3) is 0.368. The second-order valence-corrected chi connectivity index (χ2v) is 6.59. The minimum atomic E-state index is 0. The molecule has 0 unspecified atom stereocenters. The molecule has 0 atom stereocenters. The highest BCUT2D eigenvalue weighted by atomic mass is 79.9. The topological polar surface area (TPSA) is 53.5 Å². The van der Waals surface area contributed by atoms with E-state index in [9.17, 15) is 0 Å². The number of benzene rings is 2. The summed E-state index contributed by atoms with van der Waals surface area (Å²) in [5, 5.41) is 15.3. The van der Waals surface area contributed by atoms with E-state index in [1.165, 1.54) is 5.56 Å². The van der Waals surface area contributed by atoms with Gasteiger partial charge in [0.15, 0.2) is 0 Å². The first-order valence-electron chi connectivity index (χ1n) is 8.18. The third-order valence-electron chi connectivity index (χ3n) is 3.62. The highest BCUT2D eigenvalue weighted by Crippen LogP contribution is 2.24. The largest absolute Gasteiger partial charge is 0.489 e. The molecule has 146 valence electrons. The number of rotatable bonds is 10. The van der Waals surface area contributed by atoms with Gasteiger partial charge in [0, 0.05) is 36.2 Å². The van der Waals surface area contributed by atoms with Crippen molar-refractivity contribution in [3.8, 4) is 5.75 Å². The van der Waals surface area contributed by atoms with Gasteiger partial charge in [0.25, 0.3) is 0 Å². The van der Waals surface area contributed by atoms with Gasteiger partial charge in [0.05, 0.1) is 6.61 Å². The number of aliphatic hydroxyl groups is 1. The highest BCUT2D eigenvalue weighted by Gasteiger charge is 2.05. The van der Waals surface area contributed by atoms with Crippen molar-refractivity contribution in [1.29, 1.82) is 0 Å². The average molecular weight is 466 g/mol. The van der Waals surface area contributed by atoms with Gasteiger partial charge in [0.2, 0.25) is 0 Å². The van der Waals surface area contributed by atoms with Crippen LogP contribution in [0, 0.1) is 6.92 Å². The summed E-state index contributed by atoms with van der Waals surface area (Å²) in [5.74, 6) is 0.898. The molecule has 0 saturated carbocycles. The molecule has 0 bridgehead atoms. The van der Waals surface area contributed by atoms with Crippen molar-refractivity contribution in [2.45, 2.75) is 20.1 Å². The quantitative estimate of drug-likeness (QED) is 0.466. The molecule has 0 aromatic heterocycles. The Labute approximate surface area is 176 Å². The number of aliphatic hydroxyl groups excluding tert-OH is 1. The summed E-state index contributed by atoms with van der Waals surface area (Å²) in [5.41, 5.74) is 3.54. The van der Waals surface area contributed by atoms with Crippen molar-refractivity contribution in [3.63, 3.8) is 0 Å². The van der Waals surface area contributed by atoms with Crippen LogP contribution in [0.3, 0.4) is 0 Å². The fourth-order valence-electron chi connectivity index (χ4n) is 2.28. The van der Waals surface area contributed by atoms with E-state index in [1.54, 1.807) is 0 Å². The second-order valence-electron chi connectivity index (χ2n) is 5.68. The average Bonchev–Trinajstić information content (AvgIpc) is 2.58. The monoisotopic (exact) mass is 464 g/mol. The summed E-state index contributed by atoms with van der Waals surface area (Å²) in [6.07, 6.45) is 0. The third kappa shape index (κ3) is 9.21. The number of nitrogens with one attached hydrogen (secondary N) is 2. The Kier molecular flexibility index (Phi) is 13.8. The van der Waals surface area contributed by atoms with Crippen LogP contribution >= 0.6 is 40.7 Å². The van der Waals surface area contributed by atoms with E-state index in [4.69, 9.17) is 9.84 Å². The first-order chi connectivity index (χ1) is 11.7. The van der Waals surface area contributed by atoms with E-state index in [2.05, 4.69) is 63.8 Å². The normalized spacial score (nSPS) is 9.96. The Bertz CT molecular complexity index is 627. The van der Waals surface area contributed by atoms with E-state index in [0.29, 0.717) is 13.2 Å². The second kappa shape index (κ2) is 14.3. The molecule has 0 spiro atoms. The van der Waals surface area contributed by atoms with Gasteiger partial charge in [-0.1, -0.05) is 45.8 Å². The van der Waals surface area contributed by atoms with Gasteiger partial charge in [-0.05, 0) is 30.7 Å². The van der Waals surface area contributed by atoms with Crippen molar-refractivity contribution < 1.29 is 9.84 Å². The third-order valence-corrected chi connectivity index (χ3v) is 4.11. The molecule has 0 aliphatic rings. The van der Waals surface area contributed by atoms with Crippen LogP contribution in [0.1, 0.15) is 16.7 Å². The lowest BCUT2D eigenvalue weighted by atomic mass is 10.1. The summed E-state index contributed by atoms with van der Waals surface area (Å²) in [6, 6.07) is 14.5. The summed E-state index contributed by atoms with van der Waals surface area (Å²) in [6.45, 7) is 5.85. The van der Waals surface area contributed by atoms with Crippen LogP contribution in [0.4, 0.5) is 0 Å². The van der Waals surface area contributed by atoms with E-state index in [0.717, 1.165) is 41.0 Å². The van der Waals surface area contributed by atoms with E-state index in [1.807, 2.05) is 12.1 Å². The highest BCUT2D eigenvalue weighted by molar-refractivity contribution is 9.10. The summed E-state index contributed by atoms with van der Waals surface area (Å²) in [4.78, 5) is 0. The number of halogens is 3. The van der Waals surface area contributed by atoms with Gasteiger partial charge in [-0.25, -0.2) is 0 Å². The first kappa shape index (κ1) is 25.2. The van der Waals surface area contributed by atoms with Gasteiger partial charge < -0.3 is 20.5 Å². The zero-order valence-electron chi connectivity index (χ0n) is 14.8. The lowest BCUT2D eigenvalue weighted by Gasteiger charge is -2.13. The molecule has 0 saturated heterocycles. The van der Waals surface area contributed by atoms with Crippen LogP contribution in [0.2, 0.25) is 0 Å². The van der Waals surface area contributed by atoms with E-state index >= 15 is 0 Å². The molecule has 0 radical (unpaired) electrons. The van der Waals surface area contributed by atoms with E-state index < -0.39 is 0 Å². The summed E-state index contributed by atoms with van der Waals surface area (Å²) >= 11 is 3.52. The molecule has 4 nitrogen and oxygen atoms in total. The summed E-state index contributed by atoms with van der Waals surface area (Å²) < 4.78 is 7.05. The van der Waals surface area contributed by atoms with Crippen molar-refractivity contribution in [2.75, 3.05) is 26.2 Å². The molecule has 26 heavy (non-hydrogen) atoms. The minimum absolute atomic E-state index is 0. The predicted octanol–water partition coefficient (Wildman–Crippen LogP) is 3.85. The lowest BCUT2D eigenvalue weighted by Crippen LogP contribution is -2.28. The molecule has 0 aliphatic carbocycles. The van der Waals surface area contributed by atoms with Crippen LogP contribution in [0.25, 0.3) is 0 Å². The Balaban J connectivity index is 0.00000312. The van der Waals surface area contributed by atoms with Gasteiger partial charge >= 0.3 is 0 Å². The Hall–Kier alpha value is -0.820. The van der Waals surface area contributed by atoms with Crippen molar-refractivity contribution in [2.24, 2.45) is 0 Å². The lowest BCUT2D eigenvalue weighted by molar-refractivity contribution is 0.292. The maximum absolute atomic E-state index is 8.73. The van der Waals surface area contributed by atoms with Gasteiger partial charge in [-0.2, -0.15) is 0 Å². The molecular weight excluding hydrogens is 439 g/mol. The van der Waals surface area contributed by atoms with Crippen LogP contribution < -0.4 is 15.4 Å². The van der Waals surface area contributed by atoms with Crippen molar-refractivity contribution in [3.05, 3.63) is 63.6 Å². The van der Waals surface area contributed by atoms with Crippen LogP contribution in [0.5, 0.6) is 5.75 Å². The van der Waals surface area contributed by atoms with Crippen LogP contribution in [-0.2, 0) is 13.2 Å². The molecule has 0 aliphatic heterocycles. The van der Waals surface area contributed by atoms with Gasteiger partial charge in [0.1, 0.15) is 12.4 Å². The Morgan fingerprint density at radius 2 is 1.65 bits per heavy atom. The number of hydrogen-bond donors (Lipinski definition) is 3. The Morgan fingerprint density at radius 3 is 2.35 bits per heavy atom. The minimum Gasteiger partial charge on any atom is -0.489 e. The fourth-order valence-corrected chi connectivity index (χ4v) is 2.68. The van der Waals surface area contributed by atoms with Crippen molar-refractivity contribution in [1.82, 2.24) is 10.6 Å². The SMILES string of the molecule is Cc1ccc(COc2ccc(Br)cc2CNCCNCCO)cc1.Cl.Cl. The number of hydrogen-bond acceptors (Lipinski definition) is 4.